The monoisotopic (exact) mass is 253 g/mol. The lowest BCUT2D eigenvalue weighted by Crippen LogP contribution is -2.01. The topological polar surface area (TPSA) is 29.1 Å². The second kappa shape index (κ2) is 5.70. The number of anilines is 1. The fourth-order valence-electron chi connectivity index (χ4n) is 2.22. The first kappa shape index (κ1) is 13.3. The summed E-state index contributed by atoms with van der Waals surface area (Å²) >= 11 is 0. The van der Waals surface area contributed by atoms with Crippen molar-refractivity contribution >= 4 is 11.5 Å². The Kier molecular flexibility index (Phi) is 4.00. The fraction of sp³-hybridized carbons (Fsp3) is 0.235. The Morgan fingerprint density at radius 2 is 1.74 bits per heavy atom. The normalized spacial score (nSPS) is 10.3. The summed E-state index contributed by atoms with van der Waals surface area (Å²) in [6.07, 6.45) is 0. The van der Waals surface area contributed by atoms with Crippen molar-refractivity contribution in [3.63, 3.8) is 0 Å². The lowest BCUT2D eigenvalue weighted by molar-refractivity contribution is 0.101. The third-order valence-electron chi connectivity index (χ3n) is 3.05. The van der Waals surface area contributed by atoms with Crippen molar-refractivity contribution in [2.45, 2.75) is 27.3 Å². The number of benzene rings is 2. The predicted molar refractivity (Wildman–Crippen MR) is 79.7 cm³/mol. The number of carbonyl (C=O) groups excluding carboxylic acids is 1. The molecule has 0 aromatic heterocycles. The van der Waals surface area contributed by atoms with Crippen LogP contribution in [0, 0.1) is 13.8 Å². The molecule has 0 aliphatic heterocycles. The molecule has 0 radical (unpaired) electrons. The molecule has 2 rings (SSSR count). The van der Waals surface area contributed by atoms with E-state index >= 15 is 0 Å². The quantitative estimate of drug-likeness (QED) is 0.830. The number of hydrogen-bond donors (Lipinski definition) is 1. The van der Waals surface area contributed by atoms with Crippen molar-refractivity contribution in [1.82, 2.24) is 0 Å². The van der Waals surface area contributed by atoms with Crippen molar-refractivity contribution in [2.75, 3.05) is 5.32 Å². The van der Waals surface area contributed by atoms with Crippen LogP contribution in [0.15, 0.2) is 42.5 Å². The van der Waals surface area contributed by atoms with E-state index in [9.17, 15) is 4.79 Å². The van der Waals surface area contributed by atoms with Crippen LogP contribution in [0.4, 0.5) is 5.69 Å². The first-order valence-electron chi connectivity index (χ1n) is 6.46. The summed E-state index contributed by atoms with van der Waals surface area (Å²) in [5.74, 6) is 0.0926. The molecule has 19 heavy (non-hydrogen) atoms. The van der Waals surface area contributed by atoms with E-state index in [1.807, 2.05) is 24.3 Å². The first-order chi connectivity index (χ1) is 9.04. The third-order valence-corrected chi connectivity index (χ3v) is 3.05. The molecule has 0 unspecified atom stereocenters. The van der Waals surface area contributed by atoms with Gasteiger partial charge < -0.3 is 5.32 Å². The standard InChI is InChI=1S/C17H19NO/c1-12-7-13(2)9-15(8-12)11-18-17-6-4-5-16(10-17)14(3)19/h4-10,18H,11H2,1-3H3. The Hall–Kier alpha value is -2.09. The van der Waals surface area contributed by atoms with Gasteiger partial charge >= 0.3 is 0 Å². The number of aryl methyl sites for hydroxylation is 2. The fourth-order valence-corrected chi connectivity index (χ4v) is 2.22. The smallest absolute Gasteiger partial charge is 0.159 e. The zero-order chi connectivity index (χ0) is 13.8. The van der Waals surface area contributed by atoms with Gasteiger partial charge in [0, 0.05) is 17.8 Å². The molecule has 1 N–H and O–H groups in total. The van der Waals surface area contributed by atoms with E-state index < -0.39 is 0 Å². The van der Waals surface area contributed by atoms with E-state index in [1.165, 1.54) is 16.7 Å². The summed E-state index contributed by atoms with van der Waals surface area (Å²) < 4.78 is 0. The van der Waals surface area contributed by atoms with Crippen molar-refractivity contribution in [3.05, 3.63) is 64.7 Å². The van der Waals surface area contributed by atoms with Gasteiger partial charge in [-0.15, -0.1) is 0 Å². The molecule has 0 amide bonds. The Bertz CT molecular complexity index is 582. The summed E-state index contributed by atoms with van der Waals surface area (Å²) in [5.41, 5.74) is 5.52. The highest BCUT2D eigenvalue weighted by Gasteiger charge is 2.01. The summed E-state index contributed by atoms with van der Waals surface area (Å²) in [4.78, 5) is 11.3. The van der Waals surface area contributed by atoms with Crippen LogP contribution in [0.25, 0.3) is 0 Å². The van der Waals surface area contributed by atoms with Crippen LogP contribution in [0.1, 0.15) is 34.0 Å². The molecule has 2 aromatic carbocycles. The predicted octanol–water partition coefficient (Wildman–Crippen LogP) is 4.12. The second-order valence-electron chi connectivity index (χ2n) is 4.99. The number of nitrogens with one attached hydrogen (secondary N) is 1. The van der Waals surface area contributed by atoms with E-state index in [4.69, 9.17) is 0 Å². The number of carbonyl (C=O) groups is 1. The summed E-state index contributed by atoms with van der Waals surface area (Å²) in [7, 11) is 0. The molecule has 0 spiro atoms. The molecule has 0 aliphatic rings. The molecule has 0 bridgehead atoms. The SMILES string of the molecule is CC(=O)c1cccc(NCc2cc(C)cc(C)c2)c1. The average molecular weight is 253 g/mol. The maximum absolute atomic E-state index is 11.3. The van der Waals surface area contributed by atoms with Crippen molar-refractivity contribution < 1.29 is 4.79 Å². The Balaban J connectivity index is 2.10. The lowest BCUT2D eigenvalue weighted by Gasteiger charge is -2.09. The van der Waals surface area contributed by atoms with Crippen LogP contribution >= 0.6 is 0 Å². The van der Waals surface area contributed by atoms with E-state index in [0.717, 1.165) is 17.8 Å². The van der Waals surface area contributed by atoms with Crippen LogP contribution in [-0.2, 0) is 6.54 Å². The molecule has 0 aliphatic carbocycles. The molecule has 0 fully saturated rings. The van der Waals surface area contributed by atoms with Gasteiger partial charge in [0.1, 0.15) is 0 Å². The summed E-state index contributed by atoms with van der Waals surface area (Å²) in [6.45, 7) is 6.56. The molecule has 2 nitrogen and oxygen atoms in total. The largest absolute Gasteiger partial charge is 0.381 e. The molecule has 0 atom stereocenters. The molecular formula is C17H19NO. The third kappa shape index (κ3) is 3.68. The van der Waals surface area contributed by atoms with E-state index in [2.05, 4.69) is 37.4 Å². The first-order valence-corrected chi connectivity index (χ1v) is 6.46. The molecule has 98 valence electrons. The second-order valence-corrected chi connectivity index (χ2v) is 4.99. The summed E-state index contributed by atoms with van der Waals surface area (Å²) in [5, 5.41) is 3.36. The number of ketones is 1. The highest BCUT2D eigenvalue weighted by atomic mass is 16.1. The van der Waals surface area contributed by atoms with Gasteiger partial charge in [-0.1, -0.05) is 41.5 Å². The number of hydrogen-bond acceptors (Lipinski definition) is 2. The Morgan fingerprint density at radius 3 is 2.37 bits per heavy atom. The van der Waals surface area contributed by atoms with Crippen LogP contribution in [-0.4, -0.2) is 5.78 Å². The van der Waals surface area contributed by atoms with Crippen LogP contribution in [0.3, 0.4) is 0 Å². The van der Waals surface area contributed by atoms with Crippen LogP contribution in [0.2, 0.25) is 0 Å². The van der Waals surface area contributed by atoms with Gasteiger partial charge in [0.05, 0.1) is 0 Å². The van der Waals surface area contributed by atoms with Gasteiger partial charge in [-0.05, 0) is 38.5 Å². The van der Waals surface area contributed by atoms with Crippen molar-refractivity contribution in [3.8, 4) is 0 Å². The van der Waals surface area contributed by atoms with Gasteiger partial charge in [0.15, 0.2) is 5.78 Å². The highest BCUT2D eigenvalue weighted by molar-refractivity contribution is 5.94. The summed E-state index contributed by atoms with van der Waals surface area (Å²) in [6, 6.07) is 14.1. The zero-order valence-corrected chi connectivity index (χ0v) is 11.7. The van der Waals surface area contributed by atoms with E-state index in [1.54, 1.807) is 6.92 Å². The van der Waals surface area contributed by atoms with Gasteiger partial charge in [0.25, 0.3) is 0 Å². The minimum Gasteiger partial charge on any atom is -0.381 e. The number of rotatable bonds is 4. The van der Waals surface area contributed by atoms with Crippen molar-refractivity contribution in [1.29, 1.82) is 0 Å². The van der Waals surface area contributed by atoms with Gasteiger partial charge in [-0.2, -0.15) is 0 Å². The van der Waals surface area contributed by atoms with Gasteiger partial charge in [-0.3, -0.25) is 4.79 Å². The average Bonchev–Trinajstić information content (AvgIpc) is 2.35. The molecule has 2 heteroatoms. The maximum Gasteiger partial charge on any atom is 0.159 e. The molecule has 0 saturated heterocycles. The van der Waals surface area contributed by atoms with E-state index in [-0.39, 0.29) is 5.78 Å². The van der Waals surface area contributed by atoms with Gasteiger partial charge in [-0.25, -0.2) is 0 Å². The molecular weight excluding hydrogens is 234 g/mol. The lowest BCUT2D eigenvalue weighted by atomic mass is 10.1. The minimum atomic E-state index is 0.0926. The zero-order valence-electron chi connectivity index (χ0n) is 11.7. The van der Waals surface area contributed by atoms with E-state index in [0.29, 0.717) is 0 Å². The molecule has 0 heterocycles. The molecule has 0 saturated carbocycles. The van der Waals surface area contributed by atoms with Crippen molar-refractivity contribution in [2.24, 2.45) is 0 Å². The van der Waals surface area contributed by atoms with Crippen LogP contribution < -0.4 is 5.32 Å². The minimum absolute atomic E-state index is 0.0926. The Labute approximate surface area is 114 Å². The van der Waals surface area contributed by atoms with Crippen LogP contribution in [0.5, 0.6) is 0 Å². The molecule has 2 aromatic rings. The number of Topliss-reactive ketones (excluding diaryl/α,β-unsaturated/α-hetero) is 1. The van der Waals surface area contributed by atoms with Gasteiger partial charge in [0.2, 0.25) is 0 Å². The highest BCUT2D eigenvalue weighted by Crippen LogP contribution is 2.14. The Morgan fingerprint density at radius 1 is 1.05 bits per heavy atom. The maximum atomic E-state index is 11.3.